The van der Waals surface area contributed by atoms with Gasteiger partial charge in [-0.2, -0.15) is 0 Å². The molecule has 0 aliphatic rings. The fourth-order valence-corrected chi connectivity index (χ4v) is 3.74. The summed E-state index contributed by atoms with van der Waals surface area (Å²) in [4.78, 5) is 16.8. The molecule has 3 rings (SSSR count). The maximum Gasteiger partial charge on any atom is 0.321 e. The molecule has 4 nitrogen and oxygen atoms in total. The van der Waals surface area contributed by atoms with E-state index in [0.717, 1.165) is 11.3 Å². The number of hydrogen-bond donors (Lipinski definition) is 2. The maximum atomic E-state index is 13.9. The van der Waals surface area contributed by atoms with E-state index in [0.29, 0.717) is 16.3 Å². The van der Waals surface area contributed by atoms with Crippen molar-refractivity contribution < 1.29 is 9.18 Å². The van der Waals surface area contributed by atoms with Crippen LogP contribution in [0.15, 0.2) is 53.9 Å². The van der Waals surface area contributed by atoms with Crippen LogP contribution in [-0.2, 0) is 0 Å². The number of carbonyl (C=O) groups is 1. The highest BCUT2D eigenvalue weighted by Crippen LogP contribution is 2.40. The second-order valence-electron chi connectivity index (χ2n) is 5.99. The molecular weight excluding hydrogens is 444 g/mol. The first-order valence-corrected chi connectivity index (χ1v) is 10.2. The third-order valence-corrected chi connectivity index (χ3v) is 5.34. The Kier molecular flexibility index (Phi) is 6.45. The predicted octanol–water partition coefficient (Wildman–Crippen LogP) is 6.49. The molecule has 0 saturated heterocycles. The minimum atomic E-state index is -1.88. The molecule has 0 aliphatic heterocycles. The number of nitrogens with zero attached hydrogens (tertiary/aromatic N) is 1. The summed E-state index contributed by atoms with van der Waals surface area (Å²) in [5.41, 5.74) is 2.45. The van der Waals surface area contributed by atoms with Crippen molar-refractivity contribution in [2.75, 3.05) is 5.32 Å². The van der Waals surface area contributed by atoms with E-state index in [1.54, 1.807) is 19.1 Å². The zero-order chi connectivity index (χ0) is 20.3. The van der Waals surface area contributed by atoms with Crippen LogP contribution in [0.1, 0.15) is 17.2 Å². The SMILES string of the molecule is Cc1ccc(C(NC(=O)Nc2nc(-c3ccccc3)cs2)C(Cl)(Cl)Cl)cc1F. The van der Waals surface area contributed by atoms with Crippen molar-refractivity contribution in [3.05, 3.63) is 70.9 Å². The number of urea groups is 1. The van der Waals surface area contributed by atoms with Crippen molar-refractivity contribution in [1.29, 1.82) is 0 Å². The fourth-order valence-electron chi connectivity index (χ4n) is 2.48. The largest absolute Gasteiger partial charge is 0.327 e. The third-order valence-electron chi connectivity index (χ3n) is 3.93. The number of halogens is 4. The number of rotatable bonds is 4. The number of alkyl halides is 3. The second kappa shape index (κ2) is 8.66. The van der Waals surface area contributed by atoms with E-state index >= 15 is 0 Å². The van der Waals surface area contributed by atoms with Gasteiger partial charge < -0.3 is 5.32 Å². The highest BCUT2D eigenvalue weighted by atomic mass is 35.6. The molecule has 1 atom stereocenters. The van der Waals surface area contributed by atoms with E-state index < -0.39 is 21.7 Å². The van der Waals surface area contributed by atoms with E-state index in [2.05, 4.69) is 15.6 Å². The number of thiazole rings is 1. The molecular formula is C19H15Cl3FN3OS. The molecule has 28 heavy (non-hydrogen) atoms. The van der Waals surface area contributed by atoms with Gasteiger partial charge in [0.25, 0.3) is 0 Å². The lowest BCUT2D eigenvalue weighted by molar-refractivity contribution is 0.248. The summed E-state index contributed by atoms with van der Waals surface area (Å²) < 4.78 is 12.0. The number of nitrogens with one attached hydrogen (secondary N) is 2. The molecule has 3 aromatic rings. The minimum absolute atomic E-state index is 0.336. The van der Waals surface area contributed by atoms with E-state index in [1.165, 1.54) is 17.4 Å². The van der Waals surface area contributed by atoms with Crippen LogP contribution in [-0.4, -0.2) is 14.8 Å². The topological polar surface area (TPSA) is 54.0 Å². The molecule has 0 spiro atoms. The number of aromatic nitrogens is 1. The molecule has 0 bridgehead atoms. The van der Waals surface area contributed by atoms with Gasteiger partial charge in [0.1, 0.15) is 11.9 Å². The molecule has 0 aliphatic carbocycles. The van der Waals surface area contributed by atoms with Crippen LogP contribution in [0.3, 0.4) is 0 Å². The smallest absolute Gasteiger partial charge is 0.321 e. The predicted molar refractivity (Wildman–Crippen MR) is 114 cm³/mol. The lowest BCUT2D eigenvalue weighted by atomic mass is 10.1. The average molecular weight is 459 g/mol. The molecule has 1 aromatic heterocycles. The Labute approximate surface area is 180 Å². The Hall–Kier alpha value is -1.86. The molecule has 2 amide bonds. The van der Waals surface area contributed by atoms with Crippen LogP contribution >= 0.6 is 46.1 Å². The maximum absolute atomic E-state index is 13.9. The molecule has 0 fully saturated rings. The van der Waals surface area contributed by atoms with Crippen molar-refractivity contribution in [2.45, 2.75) is 16.8 Å². The van der Waals surface area contributed by atoms with Crippen LogP contribution in [0.4, 0.5) is 14.3 Å². The summed E-state index contributed by atoms with van der Waals surface area (Å²) in [6.07, 6.45) is 0. The molecule has 2 N–H and O–H groups in total. The standard InChI is InChI=1S/C19H15Cl3FN3OS/c1-11-7-8-13(9-14(11)23)16(19(20,21)22)25-17(27)26-18-24-15(10-28-18)12-5-3-2-4-6-12/h2-10,16H,1H3,(H2,24,25,26,27). The summed E-state index contributed by atoms with van der Waals surface area (Å²) in [6.45, 7) is 1.62. The van der Waals surface area contributed by atoms with Crippen molar-refractivity contribution in [1.82, 2.24) is 10.3 Å². The molecule has 1 heterocycles. The number of amides is 2. The zero-order valence-corrected chi connectivity index (χ0v) is 17.6. The second-order valence-corrected chi connectivity index (χ2v) is 9.21. The van der Waals surface area contributed by atoms with Crippen molar-refractivity contribution in [3.8, 4) is 11.3 Å². The zero-order valence-electron chi connectivity index (χ0n) is 14.5. The Bertz CT molecular complexity index is 976. The van der Waals surface area contributed by atoms with Crippen LogP contribution in [0.25, 0.3) is 11.3 Å². The van der Waals surface area contributed by atoms with Gasteiger partial charge in [0.15, 0.2) is 5.13 Å². The average Bonchev–Trinajstić information content (AvgIpc) is 3.10. The quantitative estimate of drug-likeness (QED) is 0.439. The van der Waals surface area contributed by atoms with Crippen molar-refractivity contribution in [2.24, 2.45) is 0 Å². The molecule has 0 radical (unpaired) electrons. The lowest BCUT2D eigenvalue weighted by Crippen LogP contribution is -2.39. The summed E-state index contributed by atoms with van der Waals surface area (Å²) in [7, 11) is 0. The monoisotopic (exact) mass is 457 g/mol. The van der Waals surface area contributed by atoms with E-state index in [9.17, 15) is 9.18 Å². The van der Waals surface area contributed by atoms with Gasteiger partial charge in [0.2, 0.25) is 3.79 Å². The van der Waals surface area contributed by atoms with Crippen LogP contribution in [0.5, 0.6) is 0 Å². The van der Waals surface area contributed by atoms with Gasteiger partial charge in [-0.25, -0.2) is 14.2 Å². The van der Waals surface area contributed by atoms with Crippen molar-refractivity contribution in [3.63, 3.8) is 0 Å². The first kappa shape index (κ1) is 20.9. The lowest BCUT2D eigenvalue weighted by Gasteiger charge is -2.26. The highest BCUT2D eigenvalue weighted by molar-refractivity contribution is 7.14. The summed E-state index contributed by atoms with van der Waals surface area (Å²) >= 11 is 19.3. The van der Waals surface area contributed by atoms with Gasteiger partial charge in [-0.15, -0.1) is 11.3 Å². The number of aryl methyl sites for hydroxylation is 1. The summed E-state index contributed by atoms with van der Waals surface area (Å²) in [5.74, 6) is -0.452. The van der Waals surface area contributed by atoms with Crippen LogP contribution < -0.4 is 10.6 Å². The van der Waals surface area contributed by atoms with Crippen molar-refractivity contribution >= 4 is 57.3 Å². The number of hydrogen-bond acceptors (Lipinski definition) is 3. The Morgan fingerprint density at radius 2 is 1.89 bits per heavy atom. The molecule has 1 unspecified atom stereocenters. The van der Waals surface area contributed by atoms with Crippen LogP contribution in [0.2, 0.25) is 0 Å². The number of carbonyl (C=O) groups excluding carboxylic acids is 1. The molecule has 0 saturated carbocycles. The Balaban J connectivity index is 1.74. The van der Waals surface area contributed by atoms with Gasteiger partial charge in [0, 0.05) is 10.9 Å². The molecule has 2 aromatic carbocycles. The molecule has 9 heteroatoms. The number of anilines is 1. The van der Waals surface area contributed by atoms with Crippen LogP contribution in [0, 0.1) is 12.7 Å². The minimum Gasteiger partial charge on any atom is -0.327 e. The van der Waals surface area contributed by atoms with E-state index in [1.807, 2.05) is 35.7 Å². The third kappa shape index (κ3) is 5.14. The van der Waals surface area contributed by atoms with Gasteiger partial charge in [-0.1, -0.05) is 77.3 Å². The summed E-state index contributed by atoms with van der Waals surface area (Å²) in [5, 5.41) is 7.40. The molecule has 146 valence electrons. The highest BCUT2D eigenvalue weighted by Gasteiger charge is 2.35. The van der Waals surface area contributed by atoms with Gasteiger partial charge >= 0.3 is 6.03 Å². The van der Waals surface area contributed by atoms with Gasteiger partial charge in [-0.3, -0.25) is 5.32 Å². The normalized spacial score (nSPS) is 12.5. The fraction of sp³-hybridized carbons (Fsp3) is 0.158. The number of benzene rings is 2. The first-order valence-electron chi connectivity index (χ1n) is 8.15. The van der Waals surface area contributed by atoms with Gasteiger partial charge in [0.05, 0.1) is 5.69 Å². The first-order chi connectivity index (χ1) is 13.2. The summed E-state index contributed by atoms with van der Waals surface area (Å²) in [6, 6.07) is 12.3. The van der Waals surface area contributed by atoms with E-state index in [4.69, 9.17) is 34.8 Å². The Morgan fingerprint density at radius 1 is 1.18 bits per heavy atom. The van der Waals surface area contributed by atoms with Gasteiger partial charge in [-0.05, 0) is 24.1 Å². The van der Waals surface area contributed by atoms with E-state index in [-0.39, 0.29) is 0 Å². The Morgan fingerprint density at radius 3 is 2.54 bits per heavy atom.